The number of halogens is 2. The zero-order valence-corrected chi connectivity index (χ0v) is 8.82. The summed E-state index contributed by atoms with van der Waals surface area (Å²) in [5, 5.41) is 0.543. The number of nitrogen functional groups attached to an aromatic ring is 1. The smallest absolute Gasteiger partial charge is 0.124 e. The van der Waals surface area contributed by atoms with Gasteiger partial charge in [0.1, 0.15) is 5.75 Å². The van der Waals surface area contributed by atoms with Crippen LogP contribution in [0.4, 0.5) is 5.69 Å². The number of methoxy groups -OCH3 is 1. The highest BCUT2D eigenvalue weighted by atomic mass is 35.5. The summed E-state index contributed by atoms with van der Waals surface area (Å²) in [5.41, 5.74) is 7.21. The van der Waals surface area contributed by atoms with Crippen LogP contribution in [0.2, 0.25) is 5.02 Å². The lowest BCUT2D eigenvalue weighted by atomic mass is 10.1. The fourth-order valence-electron chi connectivity index (χ4n) is 1.16. The average Bonchev–Trinajstić information content (AvgIpc) is 2.14. The van der Waals surface area contributed by atoms with Crippen LogP contribution in [-0.2, 0) is 6.42 Å². The van der Waals surface area contributed by atoms with Crippen LogP contribution in [0.3, 0.4) is 0 Å². The zero-order chi connectivity index (χ0) is 9.84. The molecule has 72 valence electrons. The molecule has 0 spiro atoms. The fourth-order valence-corrected chi connectivity index (χ4v) is 1.53. The summed E-state index contributed by atoms with van der Waals surface area (Å²) in [5.74, 6) is 1.24. The van der Waals surface area contributed by atoms with E-state index in [-0.39, 0.29) is 0 Å². The van der Waals surface area contributed by atoms with Gasteiger partial charge in [-0.3, -0.25) is 0 Å². The Morgan fingerprint density at radius 3 is 2.69 bits per heavy atom. The molecule has 4 heteroatoms. The lowest BCUT2D eigenvalue weighted by molar-refractivity contribution is 0.410. The molecule has 2 nitrogen and oxygen atoms in total. The Morgan fingerprint density at radius 2 is 2.15 bits per heavy atom. The van der Waals surface area contributed by atoms with Crippen molar-refractivity contribution >= 4 is 28.9 Å². The van der Waals surface area contributed by atoms with Gasteiger partial charge >= 0.3 is 0 Å². The molecule has 0 amide bonds. The number of nitrogens with two attached hydrogens (primary N) is 1. The highest BCUT2D eigenvalue weighted by molar-refractivity contribution is 6.33. The van der Waals surface area contributed by atoms with Gasteiger partial charge in [-0.15, -0.1) is 11.6 Å². The van der Waals surface area contributed by atoms with Crippen LogP contribution in [0.5, 0.6) is 5.75 Å². The topological polar surface area (TPSA) is 35.2 Å². The third-order valence-corrected chi connectivity index (χ3v) is 2.34. The molecule has 0 aliphatic carbocycles. The minimum absolute atomic E-state index is 0.501. The van der Waals surface area contributed by atoms with Crippen molar-refractivity contribution in [2.24, 2.45) is 0 Å². The van der Waals surface area contributed by atoms with Gasteiger partial charge in [0.05, 0.1) is 17.8 Å². The molecule has 0 radical (unpaired) electrons. The van der Waals surface area contributed by atoms with E-state index in [2.05, 4.69) is 0 Å². The summed E-state index contributed by atoms with van der Waals surface area (Å²) in [6.07, 6.45) is 0.664. The third-order valence-electron chi connectivity index (χ3n) is 1.83. The minimum Gasteiger partial charge on any atom is -0.496 e. The van der Waals surface area contributed by atoms with E-state index in [1.807, 2.05) is 0 Å². The van der Waals surface area contributed by atoms with Crippen LogP contribution in [0.15, 0.2) is 12.1 Å². The maximum absolute atomic E-state index is 5.85. The Labute approximate surface area is 87.6 Å². The fraction of sp³-hybridized carbons (Fsp3) is 0.333. The molecule has 2 N–H and O–H groups in total. The SMILES string of the molecule is COc1ccc(Cl)c(N)c1CCCl. The number of benzene rings is 1. The number of alkyl halides is 1. The molecular weight excluding hydrogens is 209 g/mol. The average molecular weight is 220 g/mol. The van der Waals surface area contributed by atoms with Crippen molar-refractivity contribution < 1.29 is 4.74 Å². The van der Waals surface area contributed by atoms with E-state index < -0.39 is 0 Å². The van der Waals surface area contributed by atoms with Crippen LogP contribution in [0, 0.1) is 0 Å². The molecule has 1 aromatic rings. The van der Waals surface area contributed by atoms with Crippen LogP contribution in [-0.4, -0.2) is 13.0 Å². The van der Waals surface area contributed by atoms with Gasteiger partial charge in [0.15, 0.2) is 0 Å². The highest BCUT2D eigenvalue weighted by Crippen LogP contribution is 2.31. The molecular formula is C9H11Cl2NO. The van der Waals surface area contributed by atoms with E-state index >= 15 is 0 Å². The van der Waals surface area contributed by atoms with E-state index in [4.69, 9.17) is 33.7 Å². The normalized spacial score (nSPS) is 10.1. The van der Waals surface area contributed by atoms with Crippen LogP contribution < -0.4 is 10.5 Å². The number of hydrogen-bond acceptors (Lipinski definition) is 2. The first kappa shape index (κ1) is 10.5. The van der Waals surface area contributed by atoms with Gasteiger partial charge in [-0.1, -0.05) is 11.6 Å². The Hall–Kier alpha value is -0.600. The van der Waals surface area contributed by atoms with Crippen LogP contribution in [0.1, 0.15) is 5.56 Å². The van der Waals surface area contributed by atoms with Gasteiger partial charge in [0, 0.05) is 11.4 Å². The maximum atomic E-state index is 5.85. The standard InChI is InChI=1S/C9H11Cl2NO/c1-13-8-3-2-7(11)9(12)6(8)4-5-10/h2-3H,4-5,12H2,1H3. The van der Waals surface area contributed by atoms with Gasteiger partial charge in [-0.2, -0.15) is 0 Å². The Kier molecular flexibility index (Phi) is 3.70. The minimum atomic E-state index is 0.501. The second-order valence-electron chi connectivity index (χ2n) is 2.58. The molecule has 0 saturated carbocycles. The summed E-state index contributed by atoms with van der Waals surface area (Å²) in [7, 11) is 1.60. The van der Waals surface area contributed by atoms with Crippen LogP contribution >= 0.6 is 23.2 Å². The molecule has 0 saturated heterocycles. The number of anilines is 1. The first-order valence-electron chi connectivity index (χ1n) is 3.87. The molecule has 0 atom stereocenters. The summed E-state index contributed by atoms with van der Waals surface area (Å²) >= 11 is 11.5. The summed E-state index contributed by atoms with van der Waals surface area (Å²) in [4.78, 5) is 0. The summed E-state index contributed by atoms with van der Waals surface area (Å²) in [6, 6.07) is 3.51. The van der Waals surface area contributed by atoms with E-state index in [1.165, 1.54) is 0 Å². The Bertz CT molecular complexity index is 302. The van der Waals surface area contributed by atoms with Gasteiger partial charge in [-0.05, 0) is 18.6 Å². The van der Waals surface area contributed by atoms with Gasteiger partial charge in [-0.25, -0.2) is 0 Å². The van der Waals surface area contributed by atoms with Crippen molar-refractivity contribution in [2.45, 2.75) is 6.42 Å². The molecule has 0 aliphatic heterocycles. The highest BCUT2D eigenvalue weighted by Gasteiger charge is 2.09. The molecule has 0 unspecified atom stereocenters. The third kappa shape index (κ3) is 2.20. The number of ether oxygens (including phenoxy) is 1. The monoisotopic (exact) mass is 219 g/mol. The molecule has 0 aliphatic rings. The van der Waals surface area contributed by atoms with Gasteiger partial charge < -0.3 is 10.5 Å². The van der Waals surface area contributed by atoms with Gasteiger partial charge in [0.25, 0.3) is 0 Å². The van der Waals surface area contributed by atoms with Crippen molar-refractivity contribution in [3.63, 3.8) is 0 Å². The van der Waals surface area contributed by atoms with E-state index in [1.54, 1.807) is 19.2 Å². The lowest BCUT2D eigenvalue weighted by Crippen LogP contribution is -2.00. The lowest BCUT2D eigenvalue weighted by Gasteiger charge is -2.10. The second-order valence-corrected chi connectivity index (χ2v) is 3.37. The first-order chi connectivity index (χ1) is 6.20. The number of hydrogen-bond donors (Lipinski definition) is 1. The molecule has 1 aromatic carbocycles. The number of rotatable bonds is 3. The largest absolute Gasteiger partial charge is 0.496 e. The van der Waals surface area contributed by atoms with Crippen molar-refractivity contribution in [1.29, 1.82) is 0 Å². The predicted molar refractivity (Wildman–Crippen MR) is 56.8 cm³/mol. The maximum Gasteiger partial charge on any atom is 0.124 e. The molecule has 0 heterocycles. The summed E-state index contributed by atoms with van der Waals surface area (Å²) < 4.78 is 5.14. The van der Waals surface area contributed by atoms with Crippen molar-refractivity contribution in [2.75, 3.05) is 18.7 Å². The zero-order valence-electron chi connectivity index (χ0n) is 7.31. The van der Waals surface area contributed by atoms with Crippen molar-refractivity contribution in [3.8, 4) is 5.75 Å². The van der Waals surface area contributed by atoms with Gasteiger partial charge in [0.2, 0.25) is 0 Å². The van der Waals surface area contributed by atoms with E-state index in [0.717, 1.165) is 11.3 Å². The predicted octanol–water partition coefficient (Wildman–Crippen LogP) is 2.71. The van der Waals surface area contributed by atoms with Crippen LogP contribution in [0.25, 0.3) is 0 Å². The van der Waals surface area contributed by atoms with Crippen molar-refractivity contribution in [1.82, 2.24) is 0 Å². The molecule has 0 fully saturated rings. The van der Waals surface area contributed by atoms with E-state index in [0.29, 0.717) is 23.0 Å². The Morgan fingerprint density at radius 1 is 1.46 bits per heavy atom. The van der Waals surface area contributed by atoms with Crippen molar-refractivity contribution in [3.05, 3.63) is 22.7 Å². The molecule has 0 aromatic heterocycles. The summed E-state index contributed by atoms with van der Waals surface area (Å²) in [6.45, 7) is 0. The molecule has 13 heavy (non-hydrogen) atoms. The van der Waals surface area contributed by atoms with E-state index in [9.17, 15) is 0 Å². The Balaban J connectivity index is 3.15. The second kappa shape index (κ2) is 4.58. The molecule has 1 rings (SSSR count). The molecule has 0 bridgehead atoms. The quantitative estimate of drug-likeness (QED) is 0.627. The first-order valence-corrected chi connectivity index (χ1v) is 4.78.